The summed E-state index contributed by atoms with van der Waals surface area (Å²) in [6.45, 7) is 1.89. The van der Waals surface area contributed by atoms with E-state index in [0.717, 1.165) is 38.0 Å². The smallest absolute Gasteiger partial charge is 0.0991 e. The number of hydrogen-bond acceptors (Lipinski definition) is 3. The maximum absolute atomic E-state index is 9.68. The van der Waals surface area contributed by atoms with Crippen LogP contribution in [-0.4, -0.2) is 27.3 Å². The van der Waals surface area contributed by atoms with Crippen molar-refractivity contribution < 1.29 is 5.11 Å². The standard InChI is InChI=1S/C17H23N3O/c21-17-3-1-2-15(10-17)12-19-11-14-4-6-16(7-5-14)20-9-8-18-13-20/h4-9,13,15,17,19,21H,1-3,10-12H2. The Balaban J connectivity index is 1.47. The molecule has 0 radical (unpaired) electrons. The Morgan fingerprint density at radius 1 is 1.24 bits per heavy atom. The summed E-state index contributed by atoms with van der Waals surface area (Å²) in [5, 5.41) is 13.2. The molecule has 1 aliphatic rings. The van der Waals surface area contributed by atoms with Crippen molar-refractivity contribution in [2.75, 3.05) is 6.54 Å². The van der Waals surface area contributed by atoms with Crippen LogP contribution in [0.3, 0.4) is 0 Å². The number of aliphatic hydroxyl groups is 1. The molecule has 0 amide bonds. The van der Waals surface area contributed by atoms with Gasteiger partial charge in [0.05, 0.1) is 12.4 Å². The van der Waals surface area contributed by atoms with Crippen LogP contribution < -0.4 is 5.32 Å². The van der Waals surface area contributed by atoms with E-state index in [4.69, 9.17) is 0 Å². The lowest BCUT2D eigenvalue weighted by molar-refractivity contribution is 0.101. The highest BCUT2D eigenvalue weighted by molar-refractivity contribution is 5.34. The molecule has 0 saturated heterocycles. The summed E-state index contributed by atoms with van der Waals surface area (Å²) in [6.07, 6.45) is 9.78. The molecule has 1 heterocycles. The summed E-state index contributed by atoms with van der Waals surface area (Å²) < 4.78 is 2.00. The van der Waals surface area contributed by atoms with Crippen LogP contribution in [-0.2, 0) is 6.54 Å². The molecule has 2 aromatic rings. The first-order valence-corrected chi connectivity index (χ1v) is 7.77. The van der Waals surface area contributed by atoms with E-state index in [0.29, 0.717) is 5.92 Å². The molecule has 0 bridgehead atoms. The van der Waals surface area contributed by atoms with Crippen molar-refractivity contribution in [2.45, 2.75) is 38.3 Å². The number of nitrogens with zero attached hydrogens (tertiary/aromatic N) is 2. The first kappa shape index (κ1) is 14.3. The summed E-state index contributed by atoms with van der Waals surface area (Å²) >= 11 is 0. The van der Waals surface area contributed by atoms with Gasteiger partial charge in [-0.2, -0.15) is 0 Å². The highest BCUT2D eigenvalue weighted by Gasteiger charge is 2.19. The molecule has 112 valence electrons. The first-order valence-electron chi connectivity index (χ1n) is 7.77. The summed E-state index contributed by atoms with van der Waals surface area (Å²) in [5.41, 5.74) is 2.42. The van der Waals surface area contributed by atoms with Gasteiger partial charge in [-0.3, -0.25) is 0 Å². The van der Waals surface area contributed by atoms with Crippen LogP contribution in [0.1, 0.15) is 31.2 Å². The van der Waals surface area contributed by atoms with Gasteiger partial charge in [0.1, 0.15) is 0 Å². The molecule has 3 rings (SSSR count). The minimum absolute atomic E-state index is 0.0833. The van der Waals surface area contributed by atoms with Crippen molar-refractivity contribution in [3.05, 3.63) is 48.5 Å². The van der Waals surface area contributed by atoms with E-state index in [2.05, 4.69) is 34.6 Å². The third kappa shape index (κ3) is 3.93. The van der Waals surface area contributed by atoms with Crippen molar-refractivity contribution in [1.29, 1.82) is 0 Å². The molecule has 4 heteroatoms. The van der Waals surface area contributed by atoms with E-state index in [1.54, 1.807) is 6.20 Å². The summed E-state index contributed by atoms with van der Waals surface area (Å²) in [7, 11) is 0. The third-order valence-corrected chi connectivity index (χ3v) is 4.26. The van der Waals surface area contributed by atoms with Crippen LogP contribution in [0.5, 0.6) is 0 Å². The minimum Gasteiger partial charge on any atom is -0.393 e. The zero-order chi connectivity index (χ0) is 14.5. The quantitative estimate of drug-likeness (QED) is 0.887. The van der Waals surface area contributed by atoms with Crippen LogP contribution in [0.15, 0.2) is 43.0 Å². The maximum Gasteiger partial charge on any atom is 0.0991 e. The molecule has 4 nitrogen and oxygen atoms in total. The van der Waals surface area contributed by atoms with E-state index < -0.39 is 0 Å². The zero-order valence-corrected chi connectivity index (χ0v) is 12.3. The fourth-order valence-corrected chi connectivity index (χ4v) is 3.07. The number of rotatable bonds is 5. The molecule has 1 fully saturated rings. The summed E-state index contributed by atoms with van der Waals surface area (Å²) in [5.74, 6) is 0.624. The van der Waals surface area contributed by atoms with Crippen LogP contribution in [0.4, 0.5) is 0 Å². The Hall–Kier alpha value is -1.65. The van der Waals surface area contributed by atoms with Gasteiger partial charge in [0.15, 0.2) is 0 Å². The number of hydrogen-bond donors (Lipinski definition) is 2. The Morgan fingerprint density at radius 3 is 2.81 bits per heavy atom. The fraction of sp³-hybridized carbons (Fsp3) is 0.471. The van der Waals surface area contributed by atoms with Gasteiger partial charge in [-0.1, -0.05) is 18.6 Å². The molecular formula is C17H23N3O. The first-order chi connectivity index (χ1) is 10.3. The normalized spacial score (nSPS) is 22.3. The average molecular weight is 285 g/mol. The van der Waals surface area contributed by atoms with Gasteiger partial charge in [-0.25, -0.2) is 4.98 Å². The third-order valence-electron chi connectivity index (χ3n) is 4.26. The molecule has 1 saturated carbocycles. The lowest BCUT2D eigenvalue weighted by Gasteiger charge is -2.26. The molecule has 1 aromatic heterocycles. The second-order valence-corrected chi connectivity index (χ2v) is 5.95. The molecular weight excluding hydrogens is 262 g/mol. The number of benzene rings is 1. The van der Waals surface area contributed by atoms with Crippen molar-refractivity contribution in [3.63, 3.8) is 0 Å². The SMILES string of the molecule is OC1CCCC(CNCc2ccc(-n3ccnc3)cc2)C1. The number of aliphatic hydroxyl groups excluding tert-OH is 1. The number of nitrogens with one attached hydrogen (secondary N) is 1. The summed E-state index contributed by atoms with van der Waals surface area (Å²) in [6, 6.07) is 8.53. The lowest BCUT2D eigenvalue weighted by atomic mass is 9.87. The number of aromatic nitrogens is 2. The van der Waals surface area contributed by atoms with E-state index >= 15 is 0 Å². The minimum atomic E-state index is -0.0833. The van der Waals surface area contributed by atoms with Crippen molar-refractivity contribution in [3.8, 4) is 5.69 Å². The average Bonchev–Trinajstić information content (AvgIpc) is 3.02. The molecule has 21 heavy (non-hydrogen) atoms. The van der Waals surface area contributed by atoms with Crippen LogP contribution >= 0.6 is 0 Å². The van der Waals surface area contributed by atoms with Gasteiger partial charge >= 0.3 is 0 Å². The van der Waals surface area contributed by atoms with Gasteiger partial charge in [0.25, 0.3) is 0 Å². The topological polar surface area (TPSA) is 50.1 Å². The van der Waals surface area contributed by atoms with Gasteiger partial charge in [-0.15, -0.1) is 0 Å². The van der Waals surface area contributed by atoms with Gasteiger partial charge < -0.3 is 15.0 Å². The second-order valence-electron chi connectivity index (χ2n) is 5.95. The van der Waals surface area contributed by atoms with Crippen molar-refractivity contribution in [2.24, 2.45) is 5.92 Å². The molecule has 2 atom stereocenters. The van der Waals surface area contributed by atoms with Crippen LogP contribution in [0.25, 0.3) is 5.69 Å². The predicted octanol–water partition coefficient (Wildman–Crippen LogP) is 2.51. The lowest BCUT2D eigenvalue weighted by Crippen LogP contribution is -2.28. The Labute approximate surface area is 125 Å². The summed E-state index contributed by atoms with van der Waals surface area (Å²) in [4.78, 5) is 4.06. The van der Waals surface area contributed by atoms with Gasteiger partial charge in [0.2, 0.25) is 0 Å². The van der Waals surface area contributed by atoms with E-state index in [1.165, 1.54) is 12.0 Å². The van der Waals surface area contributed by atoms with Crippen molar-refractivity contribution >= 4 is 0 Å². The highest BCUT2D eigenvalue weighted by atomic mass is 16.3. The maximum atomic E-state index is 9.68. The molecule has 2 N–H and O–H groups in total. The van der Waals surface area contributed by atoms with E-state index in [9.17, 15) is 5.11 Å². The second kappa shape index (κ2) is 6.87. The van der Waals surface area contributed by atoms with Crippen LogP contribution in [0.2, 0.25) is 0 Å². The van der Waals surface area contributed by atoms with Gasteiger partial charge in [0, 0.05) is 24.6 Å². The highest BCUT2D eigenvalue weighted by Crippen LogP contribution is 2.23. The fourth-order valence-electron chi connectivity index (χ4n) is 3.07. The molecule has 1 aromatic carbocycles. The largest absolute Gasteiger partial charge is 0.393 e. The monoisotopic (exact) mass is 285 g/mol. The van der Waals surface area contributed by atoms with E-state index in [-0.39, 0.29) is 6.10 Å². The van der Waals surface area contributed by atoms with E-state index in [1.807, 2.05) is 17.1 Å². The molecule has 1 aliphatic carbocycles. The number of imidazole rings is 1. The molecule has 0 spiro atoms. The van der Waals surface area contributed by atoms with Crippen LogP contribution in [0, 0.1) is 5.92 Å². The zero-order valence-electron chi connectivity index (χ0n) is 12.3. The molecule has 2 unspecified atom stereocenters. The Bertz CT molecular complexity index is 536. The molecule has 0 aliphatic heterocycles. The van der Waals surface area contributed by atoms with Crippen molar-refractivity contribution in [1.82, 2.24) is 14.9 Å². The predicted molar refractivity (Wildman–Crippen MR) is 83.2 cm³/mol. The van der Waals surface area contributed by atoms with Gasteiger partial charge in [-0.05, 0) is 49.4 Å². The Kier molecular flexibility index (Phi) is 4.68. The Morgan fingerprint density at radius 2 is 2.10 bits per heavy atom.